The van der Waals surface area contributed by atoms with Gasteiger partial charge in [-0.05, 0) is 25.1 Å². The van der Waals surface area contributed by atoms with E-state index in [2.05, 4.69) is 5.32 Å². The first-order valence-electron chi connectivity index (χ1n) is 6.35. The minimum Gasteiger partial charge on any atom is -0.383 e. The number of nitrogens with zero attached hydrogens (tertiary/aromatic N) is 1. The Hall–Kier alpha value is -1.02. The van der Waals surface area contributed by atoms with Crippen LogP contribution in [0.5, 0.6) is 0 Å². The summed E-state index contributed by atoms with van der Waals surface area (Å²) in [7, 11) is -2.16. The molecule has 0 saturated carbocycles. The molecular formula is C13H18Cl2N2O4S. The predicted octanol–water partition coefficient (Wildman–Crippen LogP) is 1.91. The average Bonchev–Trinajstić information content (AvgIpc) is 2.33. The highest BCUT2D eigenvalue weighted by Crippen LogP contribution is 2.26. The molecule has 0 bridgehead atoms. The van der Waals surface area contributed by atoms with Gasteiger partial charge in [0, 0.05) is 23.2 Å². The fourth-order valence-corrected chi connectivity index (χ4v) is 3.18. The molecule has 0 unspecified atom stereocenters. The number of sulfonamides is 1. The number of ether oxygens (including phenoxy) is 1. The van der Waals surface area contributed by atoms with E-state index in [1.54, 1.807) is 6.92 Å². The number of carbonyl (C=O) groups excluding carboxylic acids is 1. The van der Waals surface area contributed by atoms with E-state index in [0.717, 1.165) is 10.6 Å². The van der Waals surface area contributed by atoms with Gasteiger partial charge in [-0.1, -0.05) is 23.2 Å². The van der Waals surface area contributed by atoms with Crippen molar-refractivity contribution in [3.05, 3.63) is 28.2 Å². The van der Waals surface area contributed by atoms with Crippen molar-refractivity contribution in [1.82, 2.24) is 5.32 Å². The average molecular weight is 369 g/mol. The van der Waals surface area contributed by atoms with Crippen LogP contribution >= 0.6 is 23.2 Å². The lowest BCUT2D eigenvalue weighted by Gasteiger charge is -2.23. The van der Waals surface area contributed by atoms with Gasteiger partial charge in [-0.25, -0.2) is 8.42 Å². The third kappa shape index (κ3) is 6.00. The van der Waals surface area contributed by atoms with Gasteiger partial charge in [0.05, 0.1) is 18.6 Å². The van der Waals surface area contributed by atoms with Crippen LogP contribution in [-0.4, -0.2) is 46.9 Å². The summed E-state index contributed by atoms with van der Waals surface area (Å²) in [5, 5.41) is 3.21. The molecule has 0 saturated heterocycles. The molecule has 1 N–H and O–H groups in total. The Labute approximate surface area is 140 Å². The van der Waals surface area contributed by atoms with Gasteiger partial charge in [0.15, 0.2) is 0 Å². The van der Waals surface area contributed by atoms with E-state index in [4.69, 9.17) is 27.9 Å². The zero-order chi connectivity index (χ0) is 16.9. The number of hydrogen-bond acceptors (Lipinski definition) is 4. The van der Waals surface area contributed by atoms with Crippen LogP contribution in [0.2, 0.25) is 10.0 Å². The Bertz CT molecular complexity index is 617. The number of carbonyl (C=O) groups is 1. The van der Waals surface area contributed by atoms with Gasteiger partial charge < -0.3 is 10.1 Å². The van der Waals surface area contributed by atoms with Crippen molar-refractivity contribution in [2.75, 3.05) is 30.8 Å². The third-order valence-electron chi connectivity index (χ3n) is 2.65. The molecule has 0 radical (unpaired) electrons. The molecule has 0 aromatic heterocycles. The van der Waals surface area contributed by atoms with Gasteiger partial charge in [-0.2, -0.15) is 0 Å². The fourth-order valence-electron chi connectivity index (χ4n) is 1.83. The Kier molecular flexibility index (Phi) is 6.93. The molecule has 9 heteroatoms. The Morgan fingerprint density at radius 3 is 2.32 bits per heavy atom. The first kappa shape index (κ1) is 19.0. The molecule has 1 rings (SSSR count). The SMILES string of the molecule is COC[C@@H](C)NC(=O)CN(c1cc(Cl)cc(Cl)c1)S(C)(=O)=O. The van der Waals surface area contributed by atoms with Gasteiger partial charge in [0.1, 0.15) is 6.54 Å². The highest BCUT2D eigenvalue weighted by molar-refractivity contribution is 7.92. The van der Waals surface area contributed by atoms with Gasteiger partial charge in [-0.3, -0.25) is 9.10 Å². The lowest BCUT2D eigenvalue weighted by Crippen LogP contribution is -2.44. The fraction of sp³-hybridized carbons (Fsp3) is 0.462. The van der Waals surface area contributed by atoms with Crippen LogP contribution in [0.1, 0.15) is 6.92 Å². The second-order valence-electron chi connectivity index (χ2n) is 4.82. The summed E-state index contributed by atoms with van der Waals surface area (Å²) in [6, 6.07) is 4.11. The zero-order valence-corrected chi connectivity index (χ0v) is 14.8. The van der Waals surface area contributed by atoms with Crippen molar-refractivity contribution in [2.24, 2.45) is 0 Å². The van der Waals surface area contributed by atoms with Crippen LogP contribution in [-0.2, 0) is 19.6 Å². The van der Waals surface area contributed by atoms with E-state index in [0.29, 0.717) is 6.61 Å². The highest BCUT2D eigenvalue weighted by atomic mass is 35.5. The first-order valence-corrected chi connectivity index (χ1v) is 8.96. The van der Waals surface area contributed by atoms with Crippen LogP contribution in [0.4, 0.5) is 5.69 Å². The standard InChI is InChI=1S/C13H18Cl2N2O4S/c1-9(8-21-2)16-13(18)7-17(22(3,19)20)12-5-10(14)4-11(15)6-12/h4-6,9H,7-8H2,1-3H3,(H,16,18)/t9-/m1/s1. The summed E-state index contributed by atoms with van der Waals surface area (Å²) in [4.78, 5) is 12.0. The molecule has 0 heterocycles. The van der Waals surface area contributed by atoms with Crippen LogP contribution < -0.4 is 9.62 Å². The van der Waals surface area contributed by atoms with Crippen LogP contribution in [0, 0.1) is 0 Å². The smallest absolute Gasteiger partial charge is 0.241 e. The van der Waals surface area contributed by atoms with E-state index in [1.165, 1.54) is 25.3 Å². The number of amides is 1. The summed E-state index contributed by atoms with van der Waals surface area (Å²) in [5.74, 6) is -0.453. The summed E-state index contributed by atoms with van der Waals surface area (Å²) in [6.07, 6.45) is 1.01. The molecule has 124 valence electrons. The normalized spacial score (nSPS) is 12.8. The van der Waals surface area contributed by atoms with Gasteiger partial charge >= 0.3 is 0 Å². The highest BCUT2D eigenvalue weighted by Gasteiger charge is 2.22. The zero-order valence-electron chi connectivity index (χ0n) is 12.5. The molecule has 6 nitrogen and oxygen atoms in total. The Morgan fingerprint density at radius 2 is 1.86 bits per heavy atom. The Morgan fingerprint density at radius 1 is 1.32 bits per heavy atom. The van der Waals surface area contributed by atoms with Crippen molar-refractivity contribution >= 4 is 44.8 Å². The van der Waals surface area contributed by atoms with E-state index >= 15 is 0 Å². The molecular weight excluding hydrogens is 351 g/mol. The number of nitrogens with one attached hydrogen (secondary N) is 1. The monoisotopic (exact) mass is 368 g/mol. The van der Waals surface area contributed by atoms with Crippen molar-refractivity contribution in [2.45, 2.75) is 13.0 Å². The summed E-state index contributed by atoms with van der Waals surface area (Å²) >= 11 is 11.8. The van der Waals surface area contributed by atoms with Crippen LogP contribution in [0.15, 0.2) is 18.2 Å². The first-order chi connectivity index (χ1) is 10.1. The third-order valence-corrected chi connectivity index (χ3v) is 4.22. The van der Waals surface area contributed by atoms with Gasteiger partial charge in [-0.15, -0.1) is 0 Å². The molecule has 1 aromatic carbocycles. The van der Waals surface area contributed by atoms with Crippen LogP contribution in [0.3, 0.4) is 0 Å². The molecule has 0 aliphatic carbocycles. The number of anilines is 1. The largest absolute Gasteiger partial charge is 0.383 e. The number of methoxy groups -OCH3 is 1. The molecule has 0 aliphatic rings. The molecule has 0 fully saturated rings. The maximum Gasteiger partial charge on any atom is 0.241 e. The molecule has 1 atom stereocenters. The van der Waals surface area contributed by atoms with E-state index in [-0.39, 0.29) is 28.3 Å². The lowest BCUT2D eigenvalue weighted by molar-refractivity contribution is -0.120. The topological polar surface area (TPSA) is 75.7 Å². The molecule has 0 spiro atoms. The molecule has 0 aliphatic heterocycles. The minimum absolute atomic E-state index is 0.231. The molecule has 22 heavy (non-hydrogen) atoms. The molecule has 1 aromatic rings. The summed E-state index contributed by atoms with van der Waals surface area (Å²) in [5.41, 5.74) is 0.231. The van der Waals surface area contributed by atoms with Gasteiger partial charge in [0.25, 0.3) is 0 Å². The summed E-state index contributed by atoms with van der Waals surface area (Å²) in [6.45, 7) is 1.71. The lowest BCUT2D eigenvalue weighted by atomic mass is 10.3. The number of rotatable bonds is 7. The van der Waals surface area contributed by atoms with E-state index in [1.807, 2.05) is 0 Å². The van der Waals surface area contributed by atoms with Gasteiger partial charge in [0.2, 0.25) is 15.9 Å². The second-order valence-corrected chi connectivity index (χ2v) is 7.60. The van der Waals surface area contributed by atoms with E-state index < -0.39 is 15.9 Å². The second kappa shape index (κ2) is 8.01. The number of halogens is 2. The quantitative estimate of drug-likeness (QED) is 0.797. The molecule has 1 amide bonds. The van der Waals surface area contributed by atoms with Crippen LogP contribution in [0.25, 0.3) is 0 Å². The number of benzene rings is 1. The van der Waals surface area contributed by atoms with Crippen molar-refractivity contribution < 1.29 is 17.9 Å². The predicted molar refractivity (Wildman–Crippen MR) is 88.1 cm³/mol. The van der Waals surface area contributed by atoms with Crippen molar-refractivity contribution in [3.63, 3.8) is 0 Å². The maximum atomic E-state index is 12.0. The van der Waals surface area contributed by atoms with Crippen molar-refractivity contribution in [1.29, 1.82) is 0 Å². The summed E-state index contributed by atoms with van der Waals surface area (Å²) < 4.78 is 29.7. The minimum atomic E-state index is -3.67. The number of hydrogen-bond donors (Lipinski definition) is 1. The maximum absolute atomic E-state index is 12.0. The van der Waals surface area contributed by atoms with E-state index in [9.17, 15) is 13.2 Å². The Balaban J connectivity index is 2.98. The van der Waals surface area contributed by atoms with Crippen molar-refractivity contribution in [3.8, 4) is 0 Å².